The van der Waals surface area contributed by atoms with Crippen LogP contribution < -0.4 is 5.32 Å². The van der Waals surface area contributed by atoms with Crippen molar-refractivity contribution in [1.29, 1.82) is 0 Å². The minimum absolute atomic E-state index is 0.155. The highest BCUT2D eigenvalue weighted by Crippen LogP contribution is 2.29. The topological polar surface area (TPSA) is 66.5 Å². The smallest absolute Gasteiger partial charge is 0.277 e. The van der Waals surface area contributed by atoms with E-state index in [1.165, 1.54) is 0 Å². The highest BCUT2D eigenvalue weighted by molar-refractivity contribution is 6.16. The fourth-order valence-electron chi connectivity index (χ4n) is 2.75. The van der Waals surface area contributed by atoms with E-state index in [1.807, 2.05) is 31.2 Å². The SMILES string of the molecule is Cc1ccccc1C(C)N1C(=O)NC(=O)C(C(C)C)C1=O. The molecule has 2 unspecified atom stereocenters. The zero-order valence-corrected chi connectivity index (χ0v) is 12.7. The largest absolute Gasteiger partial charge is 0.331 e. The van der Waals surface area contributed by atoms with Crippen LogP contribution in [0.15, 0.2) is 24.3 Å². The third-order valence-corrected chi connectivity index (χ3v) is 3.93. The van der Waals surface area contributed by atoms with Crippen LogP contribution in [0.2, 0.25) is 0 Å². The van der Waals surface area contributed by atoms with Crippen molar-refractivity contribution < 1.29 is 14.4 Å². The molecule has 4 amide bonds. The summed E-state index contributed by atoms with van der Waals surface area (Å²) in [4.78, 5) is 37.7. The van der Waals surface area contributed by atoms with Crippen molar-refractivity contribution >= 4 is 17.8 Å². The van der Waals surface area contributed by atoms with Crippen LogP contribution in [0.5, 0.6) is 0 Å². The number of hydrogen-bond donors (Lipinski definition) is 1. The summed E-state index contributed by atoms with van der Waals surface area (Å²) in [6.07, 6.45) is 0. The Morgan fingerprint density at radius 1 is 1.10 bits per heavy atom. The summed E-state index contributed by atoms with van der Waals surface area (Å²) in [5, 5.41) is 2.29. The first-order valence-electron chi connectivity index (χ1n) is 7.08. The Labute approximate surface area is 124 Å². The van der Waals surface area contributed by atoms with Crippen LogP contribution in [0, 0.1) is 18.8 Å². The van der Waals surface area contributed by atoms with E-state index in [0.717, 1.165) is 16.0 Å². The molecular formula is C16H20N2O3. The number of benzene rings is 1. The molecule has 1 saturated heterocycles. The lowest BCUT2D eigenvalue weighted by atomic mass is 9.90. The summed E-state index contributed by atoms with van der Waals surface area (Å²) in [6, 6.07) is 6.55. The van der Waals surface area contributed by atoms with E-state index in [-0.39, 0.29) is 5.92 Å². The van der Waals surface area contributed by atoms with Gasteiger partial charge < -0.3 is 0 Å². The van der Waals surface area contributed by atoms with Gasteiger partial charge in [0, 0.05) is 0 Å². The molecule has 5 heteroatoms. The Morgan fingerprint density at radius 3 is 2.29 bits per heavy atom. The van der Waals surface area contributed by atoms with Gasteiger partial charge in [0.1, 0.15) is 5.92 Å². The number of imide groups is 2. The van der Waals surface area contributed by atoms with Crippen molar-refractivity contribution in [3.05, 3.63) is 35.4 Å². The molecule has 0 bridgehead atoms. The molecule has 1 aliphatic heterocycles. The molecule has 2 atom stereocenters. The molecule has 0 spiro atoms. The molecule has 1 aromatic carbocycles. The van der Waals surface area contributed by atoms with E-state index in [4.69, 9.17) is 0 Å². The zero-order chi connectivity index (χ0) is 15.7. The quantitative estimate of drug-likeness (QED) is 0.869. The molecule has 0 aromatic heterocycles. The van der Waals surface area contributed by atoms with Crippen molar-refractivity contribution in [1.82, 2.24) is 10.2 Å². The predicted molar refractivity (Wildman–Crippen MR) is 78.3 cm³/mol. The van der Waals surface area contributed by atoms with Crippen LogP contribution in [0.4, 0.5) is 4.79 Å². The fraction of sp³-hybridized carbons (Fsp3) is 0.438. The van der Waals surface area contributed by atoms with Gasteiger partial charge in [0.05, 0.1) is 6.04 Å². The van der Waals surface area contributed by atoms with E-state index in [2.05, 4.69) is 5.32 Å². The van der Waals surface area contributed by atoms with Crippen LogP contribution in [0.3, 0.4) is 0 Å². The molecule has 0 aliphatic carbocycles. The number of barbiturate groups is 1. The Bertz CT molecular complexity index is 595. The minimum atomic E-state index is -0.811. The summed E-state index contributed by atoms with van der Waals surface area (Å²) in [6.45, 7) is 7.33. The van der Waals surface area contributed by atoms with Gasteiger partial charge in [-0.1, -0.05) is 38.1 Å². The molecular weight excluding hydrogens is 268 g/mol. The highest BCUT2D eigenvalue weighted by Gasteiger charge is 2.44. The van der Waals surface area contributed by atoms with Gasteiger partial charge in [-0.05, 0) is 30.9 Å². The molecule has 2 rings (SSSR count). The van der Waals surface area contributed by atoms with Gasteiger partial charge in [0.25, 0.3) is 0 Å². The molecule has 5 nitrogen and oxygen atoms in total. The van der Waals surface area contributed by atoms with Gasteiger partial charge in [-0.25, -0.2) is 4.79 Å². The summed E-state index contributed by atoms with van der Waals surface area (Å²) in [5.41, 5.74) is 1.90. The van der Waals surface area contributed by atoms with Crippen LogP contribution in [0.25, 0.3) is 0 Å². The molecule has 1 heterocycles. The first kappa shape index (κ1) is 15.2. The first-order chi connectivity index (χ1) is 9.84. The van der Waals surface area contributed by atoms with E-state index in [1.54, 1.807) is 20.8 Å². The first-order valence-corrected chi connectivity index (χ1v) is 7.08. The van der Waals surface area contributed by atoms with Gasteiger partial charge in [0.15, 0.2) is 0 Å². The van der Waals surface area contributed by atoms with E-state index in [9.17, 15) is 14.4 Å². The molecule has 1 aromatic rings. The predicted octanol–water partition coefficient (Wildman–Crippen LogP) is 2.41. The number of amides is 4. The second kappa shape index (κ2) is 5.68. The average Bonchev–Trinajstić information content (AvgIpc) is 2.37. The van der Waals surface area contributed by atoms with E-state index >= 15 is 0 Å². The van der Waals surface area contributed by atoms with Crippen LogP contribution in [-0.2, 0) is 9.59 Å². The minimum Gasteiger partial charge on any atom is -0.277 e. The van der Waals surface area contributed by atoms with Gasteiger partial charge in [0.2, 0.25) is 11.8 Å². The summed E-state index contributed by atoms with van der Waals surface area (Å²) < 4.78 is 0. The molecule has 112 valence electrons. The lowest BCUT2D eigenvalue weighted by Gasteiger charge is -2.36. The summed E-state index contributed by atoms with van der Waals surface area (Å²) in [5.74, 6) is -1.89. The Hall–Kier alpha value is -2.17. The van der Waals surface area contributed by atoms with Crippen molar-refractivity contribution in [2.24, 2.45) is 11.8 Å². The number of rotatable bonds is 3. The Kier molecular flexibility index (Phi) is 4.11. The molecule has 21 heavy (non-hydrogen) atoms. The van der Waals surface area contributed by atoms with Crippen molar-refractivity contribution in [2.45, 2.75) is 33.7 Å². The zero-order valence-electron chi connectivity index (χ0n) is 12.7. The molecule has 1 aliphatic rings. The second-order valence-corrected chi connectivity index (χ2v) is 5.76. The van der Waals surface area contributed by atoms with E-state index in [0.29, 0.717) is 0 Å². The van der Waals surface area contributed by atoms with Gasteiger partial charge in [-0.3, -0.25) is 19.8 Å². The summed E-state index contributed by atoms with van der Waals surface area (Å²) >= 11 is 0. The number of aryl methyl sites for hydroxylation is 1. The molecule has 1 N–H and O–H groups in total. The number of nitrogens with zero attached hydrogens (tertiary/aromatic N) is 1. The monoisotopic (exact) mass is 288 g/mol. The number of carbonyl (C=O) groups is 3. The summed E-state index contributed by atoms with van der Waals surface area (Å²) in [7, 11) is 0. The highest BCUT2D eigenvalue weighted by atomic mass is 16.2. The third kappa shape index (κ3) is 2.68. The number of carbonyl (C=O) groups excluding carboxylic acids is 3. The van der Waals surface area contributed by atoms with Crippen molar-refractivity contribution in [3.63, 3.8) is 0 Å². The molecule has 0 radical (unpaired) electrons. The molecule has 1 fully saturated rings. The van der Waals surface area contributed by atoms with E-state index < -0.39 is 29.8 Å². The average molecular weight is 288 g/mol. The Balaban J connectivity index is 2.37. The number of nitrogens with one attached hydrogen (secondary N) is 1. The molecule has 0 saturated carbocycles. The van der Waals surface area contributed by atoms with Crippen molar-refractivity contribution in [3.8, 4) is 0 Å². The standard InChI is InChI=1S/C16H20N2O3/c1-9(2)13-14(19)17-16(21)18(15(13)20)11(4)12-8-6-5-7-10(12)3/h5-9,11,13H,1-4H3,(H,17,19,21). The van der Waals surface area contributed by atoms with Crippen LogP contribution in [0.1, 0.15) is 37.9 Å². The Morgan fingerprint density at radius 2 is 1.71 bits per heavy atom. The second-order valence-electron chi connectivity index (χ2n) is 5.76. The van der Waals surface area contributed by atoms with Crippen LogP contribution in [-0.4, -0.2) is 22.7 Å². The lowest BCUT2D eigenvalue weighted by molar-refractivity contribution is -0.145. The van der Waals surface area contributed by atoms with Gasteiger partial charge in [-0.2, -0.15) is 0 Å². The van der Waals surface area contributed by atoms with Crippen LogP contribution >= 0.6 is 0 Å². The van der Waals surface area contributed by atoms with Crippen molar-refractivity contribution in [2.75, 3.05) is 0 Å². The number of urea groups is 1. The maximum Gasteiger partial charge on any atom is 0.331 e. The lowest BCUT2D eigenvalue weighted by Crippen LogP contribution is -2.59. The third-order valence-electron chi connectivity index (χ3n) is 3.93. The maximum absolute atomic E-state index is 12.6. The van der Waals surface area contributed by atoms with Gasteiger partial charge >= 0.3 is 6.03 Å². The fourth-order valence-corrected chi connectivity index (χ4v) is 2.75. The van der Waals surface area contributed by atoms with Gasteiger partial charge in [-0.15, -0.1) is 0 Å². The normalized spacial score (nSPS) is 20.7. The maximum atomic E-state index is 12.6. The number of hydrogen-bond acceptors (Lipinski definition) is 3.